The minimum Gasteiger partial charge on any atom is -0.543 e. The average Bonchev–Trinajstić information content (AvgIpc) is 2.18. The number of carbonyl (C=O) groups excluding carboxylic acids is 4. The molecule has 2 N–H and O–H groups in total. The summed E-state index contributed by atoms with van der Waals surface area (Å²) in [5.74, 6) is -12.4. The Morgan fingerprint density at radius 3 is 0.632 bits per heavy atom. The molecule has 0 fully saturated rings. The molecule has 12 nitrogen and oxygen atoms in total. The molecule has 0 saturated heterocycles. The zero-order chi connectivity index (χ0) is 15.5. The Morgan fingerprint density at radius 2 is 0.632 bits per heavy atom. The minimum absolute atomic E-state index is 0. The van der Waals surface area contributed by atoms with Crippen LogP contribution in [-0.2, 0) is 48.9 Å². The van der Waals surface area contributed by atoms with Crippen molar-refractivity contribution in [2.24, 2.45) is 0 Å². The van der Waals surface area contributed by atoms with Gasteiger partial charge >= 0.3 is 32.0 Å². The molecule has 0 saturated carbocycles. The maximum absolute atomic E-state index is 9.10. The van der Waals surface area contributed by atoms with Crippen molar-refractivity contribution in [3.8, 4) is 0 Å². The number of carboxylic acid groups (broad SMARTS) is 6. The van der Waals surface area contributed by atoms with Gasteiger partial charge in [-0.25, -0.2) is 9.59 Å². The van der Waals surface area contributed by atoms with Crippen LogP contribution in [-0.4, -0.2) is 46.0 Å². The number of rotatable bonds is 0. The molecule has 0 bridgehead atoms. The molecule has 1 radical (unpaired) electrons. The maximum Gasteiger partial charge on any atom is 4.00 e. The summed E-state index contributed by atoms with van der Waals surface area (Å²) >= 11 is 0. The SMILES string of the molecule is O=C(O)C(=O)O.O=C([O-])C(=O)[O-].O=C([O-])C(=O)[O-].[Ir+4]. The molecule has 107 valence electrons. The Bertz CT molecular complexity index is 277. The van der Waals surface area contributed by atoms with Crippen molar-refractivity contribution in [3.05, 3.63) is 0 Å². The van der Waals surface area contributed by atoms with Crippen LogP contribution < -0.4 is 20.4 Å². The molecule has 0 aliphatic heterocycles. The quantitative estimate of drug-likeness (QED) is 0.322. The van der Waals surface area contributed by atoms with E-state index in [1.165, 1.54) is 0 Å². The van der Waals surface area contributed by atoms with Crippen LogP contribution in [0, 0.1) is 0 Å². The molecule has 19 heavy (non-hydrogen) atoms. The van der Waals surface area contributed by atoms with Crippen molar-refractivity contribution < 1.29 is 79.5 Å². The van der Waals surface area contributed by atoms with Crippen LogP contribution in [0.5, 0.6) is 0 Å². The van der Waals surface area contributed by atoms with Crippen molar-refractivity contribution in [1.82, 2.24) is 0 Å². The van der Waals surface area contributed by atoms with Gasteiger partial charge in [-0.3, -0.25) is 0 Å². The van der Waals surface area contributed by atoms with Crippen LogP contribution in [0.2, 0.25) is 0 Å². The number of hydrogen-bond acceptors (Lipinski definition) is 10. The third-order valence-corrected chi connectivity index (χ3v) is 0.516. The third kappa shape index (κ3) is 31.3. The van der Waals surface area contributed by atoms with E-state index < -0.39 is 35.8 Å². The second kappa shape index (κ2) is 13.5. The summed E-state index contributed by atoms with van der Waals surface area (Å²) < 4.78 is 0. The summed E-state index contributed by atoms with van der Waals surface area (Å²) in [7, 11) is 0. The molecule has 0 unspecified atom stereocenters. The van der Waals surface area contributed by atoms with Crippen LogP contribution in [0.1, 0.15) is 0 Å². The van der Waals surface area contributed by atoms with Crippen LogP contribution in [0.3, 0.4) is 0 Å². The predicted molar refractivity (Wildman–Crippen MR) is 35.3 cm³/mol. The fourth-order valence-corrected chi connectivity index (χ4v) is 0. The molecule has 0 aliphatic rings. The molecule has 0 rings (SSSR count). The summed E-state index contributed by atoms with van der Waals surface area (Å²) in [6.07, 6.45) is 0. The van der Waals surface area contributed by atoms with Gasteiger partial charge in [0.1, 0.15) is 0 Å². The van der Waals surface area contributed by atoms with E-state index in [1.807, 2.05) is 0 Å². The summed E-state index contributed by atoms with van der Waals surface area (Å²) in [4.78, 5) is 53.9. The van der Waals surface area contributed by atoms with Crippen molar-refractivity contribution >= 4 is 35.8 Å². The van der Waals surface area contributed by atoms with Gasteiger partial charge < -0.3 is 49.8 Å². The minimum atomic E-state index is -2.19. The monoisotopic (exact) mass is 459 g/mol. The van der Waals surface area contributed by atoms with Crippen LogP contribution >= 0.6 is 0 Å². The number of aliphatic carboxylic acids is 6. The standard InChI is InChI=1S/3C2H2O4.Ir/c3*3-1(4)2(5)6;/h3*(H,3,4)(H,5,6);/q;;;+4/p-4. The zero-order valence-electron chi connectivity index (χ0n) is 8.31. The molecule has 0 atom stereocenters. The second-order valence-electron chi connectivity index (χ2n) is 1.76. The van der Waals surface area contributed by atoms with Crippen LogP contribution in [0.15, 0.2) is 0 Å². The summed E-state index contributed by atoms with van der Waals surface area (Å²) in [5, 5.41) is 50.5. The third-order valence-electron chi connectivity index (χ3n) is 0.516. The van der Waals surface area contributed by atoms with E-state index in [2.05, 4.69) is 0 Å². The largest absolute Gasteiger partial charge is 4.00 e. The van der Waals surface area contributed by atoms with Crippen molar-refractivity contribution in [2.75, 3.05) is 0 Å². The van der Waals surface area contributed by atoms with E-state index in [0.29, 0.717) is 0 Å². The zero-order valence-corrected chi connectivity index (χ0v) is 10.7. The second-order valence-corrected chi connectivity index (χ2v) is 1.76. The predicted octanol–water partition coefficient (Wildman–Crippen LogP) is -7.87. The fraction of sp³-hybridized carbons (Fsp3) is 0. The van der Waals surface area contributed by atoms with E-state index in [1.54, 1.807) is 0 Å². The number of carbonyl (C=O) groups is 6. The number of carboxylic acids is 6. The molecule has 0 aromatic heterocycles. The Morgan fingerprint density at radius 1 is 0.526 bits per heavy atom. The smallest absolute Gasteiger partial charge is 0.543 e. The van der Waals surface area contributed by atoms with Gasteiger partial charge in [0, 0.05) is 0 Å². The van der Waals surface area contributed by atoms with Gasteiger partial charge in [0.25, 0.3) is 0 Å². The molecule has 0 aliphatic carbocycles. The van der Waals surface area contributed by atoms with E-state index in [9.17, 15) is 0 Å². The maximum atomic E-state index is 9.10. The summed E-state index contributed by atoms with van der Waals surface area (Å²) in [6.45, 7) is 0. The van der Waals surface area contributed by atoms with Gasteiger partial charge in [0.15, 0.2) is 0 Å². The van der Waals surface area contributed by atoms with Gasteiger partial charge in [-0.15, -0.1) is 0 Å². The summed E-state index contributed by atoms with van der Waals surface area (Å²) in [6, 6.07) is 0. The van der Waals surface area contributed by atoms with Crippen molar-refractivity contribution in [1.29, 1.82) is 0 Å². The van der Waals surface area contributed by atoms with Crippen LogP contribution in [0.25, 0.3) is 0 Å². The van der Waals surface area contributed by atoms with Gasteiger partial charge in [-0.2, -0.15) is 0 Å². The van der Waals surface area contributed by atoms with Crippen molar-refractivity contribution in [3.63, 3.8) is 0 Å². The first-order valence-corrected chi connectivity index (χ1v) is 3.24. The molecular formula is C6H2IrO12. The van der Waals surface area contributed by atoms with Gasteiger partial charge in [-0.1, -0.05) is 0 Å². The molecular weight excluding hydrogens is 456 g/mol. The topological polar surface area (TPSA) is 235 Å². The Labute approximate surface area is 116 Å². The van der Waals surface area contributed by atoms with E-state index >= 15 is 0 Å². The summed E-state index contributed by atoms with van der Waals surface area (Å²) in [5.41, 5.74) is 0. The Balaban J connectivity index is -0.0000000865. The fourth-order valence-electron chi connectivity index (χ4n) is 0. The van der Waals surface area contributed by atoms with E-state index in [-0.39, 0.29) is 20.1 Å². The van der Waals surface area contributed by atoms with E-state index in [0.717, 1.165) is 0 Å². The van der Waals surface area contributed by atoms with Gasteiger partial charge in [0.2, 0.25) is 0 Å². The Hall–Kier alpha value is -2.53. The van der Waals surface area contributed by atoms with Gasteiger partial charge in [-0.05, 0) is 0 Å². The molecule has 0 spiro atoms. The average molecular weight is 458 g/mol. The normalized spacial score (nSPS) is 6.95. The molecule has 0 aromatic carbocycles. The van der Waals surface area contributed by atoms with Crippen molar-refractivity contribution in [2.45, 2.75) is 0 Å². The molecule has 0 heterocycles. The molecule has 0 aromatic rings. The Kier molecular flexibility index (Phi) is 18.1. The first-order valence-electron chi connectivity index (χ1n) is 3.24. The van der Waals surface area contributed by atoms with E-state index in [4.69, 9.17) is 59.4 Å². The number of hydrogen-bond donors (Lipinski definition) is 2. The van der Waals surface area contributed by atoms with Gasteiger partial charge in [0.05, 0.1) is 23.9 Å². The first kappa shape index (κ1) is 25.3. The molecule has 0 amide bonds. The molecule has 13 heteroatoms. The van der Waals surface area contributed by atoms with Crippen LogP contribution in [0.4, 0.5) is 0 Å². The first-order chi connectivity index (χ1) is 7.93.